The molecule has 0 bridgehead atoms. The summed E-state index contributed by atoms with van der Waals surface area (Å²) in [7, 11) is 0. The van der Waals surface area contributed by atoms with E-state index in [1.54, 1.807) is 0 Å². The molecule has 0 amide bonds. The largest absolute Gasteiger partial charge is 0.507 e. The molecule has 0 aromatic heterocycles. The highest BCUT2D eigenvalue weighted by Crippen LogP contribution is 2.38. The molecule has 0 heterocycles. The lowest BCUT2D eigenvalue weighted by Crippen LogP contribution is -2.37. The van der Waals surface area contributed by atoms with Gasteiger partial charge < -0.3 is 30.6 Å². The van der Waals surface area contributed by atoms with Gasteiger partial charge in [-0.25, -0.2) is 0 Å². The van der Waals surface area contributed by atoms with Crippen molar-refractivity contribution in [1.82, 2.24) is 0 Å². The van der Waals surface area contributed by atoms with E-state index < -0.39 is 37.8 Å². The number of phenolic OH excluding ortho intramolecular Hbond substituents is 1. The van der Waals surface area contributed by atoms with Gasteiger partial charge in [0, 0.05) is 6.42 Å². The highest BCUT2D eigenvalue weighted by Gasteiger charge is 2.26. The van der Waals surface area contributed by atoms with Crippen LogP contribution in [0.2, 0.25) is 0 Å². The van der Waals surface area contributed by atoms with Crippen molar-refractivity contribution in [1.29, 1.82) is 0 Å². The van der Waals surface area contributed by atoms with E-state index in [0.29, 0.717) is 6.42 Å². The molecule has 0 saturated heterocycles. The molecule has 29 heavy (non-hydrogen) atoms. The number of phenols is 1. The SMILES string of the molecule is CC(C)(C)c1cc(CCC(=O)O)c(O)c(C(C)(C)C)c1.OCC(CO)(CO)CO. The summed E-state index contributed by atoms with van der Waals surface area (Å²) in [4.78, 5) is 10.8. The fourth-order valence-corrected chi connectivity index (χ4v) is 2.43. The Hall–Kier alpha value is -1.67. The van der Waals surface area contributed by atoms with Gasteiger partial charge in [-0.1, -0.05) is 53.7 Å². The predicted octanol–water partition coefficient (Wildman–Crippen LogP) is 1.95. The van der Waals surface area contributed by atoms with Crippen LogP contribution >= 0.6 is 0 Å². The fourth-order valence-electron chi connectivity index (χ4n) is 2.43. The molecule has 1 aromatic rings. The van der Waals surface area contributed by atoms with Crippen LogP contribution in [0.25, 0.3) is 0 Å². The van der Waals surface area contributed by atoms with Gasteiger partial charge in [-0.05, 0) is 33.9 Å². The first-order valence-corrected chi connectivity index (χ1v) is 9.69. The summed E-state index contributed by atoms with van der Waals surface area (Å²) in [6.45, 7) is 10.9. The zero-order chi connectivity index (χ0) is 23.0. The summed E-state index contributed by atoms with van der Waals surface area (Å²) in [5.41, 5.74) is 1.41. The molecular weight excluding hydrogens is 376 g/mol. The zero-order valence-corrected chi connectivity index (χ0v) is 18.5. The quantitative estimate of drug-likeness (QED) is 0.401. The number of benzene rings is 1. The number of aliphatic hydroxyl groups is 4. The second kappa shape index (κ2) is 10.9. The maximum Gasteiger partial charge on any atom is 0.303 e. The second-order valence-electron chi connectivity index (χ2n) is 9.56. The third-order valence-electron chi connectivity index (χ3n) is 4.81. The van der Waals surface area contributed by atoms with Crippen LogP contribution in [0.15, 0.2) is 12.1 Å². The molecule has 0 fully saturated rings. The molecule has 168 valence electrons. The van der Waals surface area contributed by atoms with Gasteiger partial charge in [-0.2, -0.15) is 0 Å². The lowest BCUT2D eigenvalue weighted by atomic mass is 9.78. The standard InChI is InChI=1S/C17H26O3.C5H12O4/c1-16(2,3)12-9-11(7-8-14(18)19)15(20)13(10-12)17(4,5)6;6-1-5(2-7,3-8)4-9/h9-10,20H,7-8H2,1-6H3,(H,18,19);6-9H,1-4H2. The van der Waals surface area contributed by atoms with Crippen molar-refractivity contribution in [3.8, 4) is 5.75 Å². The Morgan fingerprint density at radius 2 is 1.28 bits per heavy atom. The Balaban J connectivity index is 0.000000734. The summed E-state index contributed by atoms with van der Waals surface area (Å²) in [5, 5.41) is 53.3. The fraction of sp³-hybridized carbons (Fsp3) is 0.682. The van der Waals surface area contributed by atoms with E-state index in [1.807, 2.05) is 12.1 Å². The van der Waals surface area contributed by atoms with Gasteiger partial charge in [-0.3, -0.25) is 4.79 Å². The molecule has 7 heteroatoms. The van der Waals surface area contributed by atoms with Gasteiger partial charge >= 0.3 is 5.97 Å². The first kappa shape index (κ1) is 27.3. The van der Waals surface area contributed by atoms with Gasteiger partial charge in [0.25, 0.3) is 0 Å². The Morgan fingerprint density at radius 1 is 0.828 bits per heavy atom. The van der Waals surface area contributed by atoms with Crippen LogP contribution in [0.5, 0.6) is 5.75 Å². The number of rotatable bonds is 7. The summed E-state index contributed by atoms with van der Waals surface area (Å²) in [6, 6.07) is 3.98. The summed E-state index contributed by atoms with van der Waals surface area (Å²) in [6.07, 6.45) is 0.388. The summed E-state index contributed by atoms with van der Waals surface area (Å²) < 4.78 is 0. The molecule has 6 N–H and O–H groups in total. The number of aliphatic carboxylic acids is 1. The Bertz CT molecular complexity index is 633. The minimum atomic E-state index is -1.11. The van der Waals surface area contributed by atoms with E-state index in [0.717, 1.165) is 16.7 Å². The lowest BCUT2D eigenvalue weighted by Gasteiger charge is -2.27. The number of hydrogen-bond acceptors (Lipinski definition) is 6. The molecule has 0 aliphatic carbocycles. The molecule has 0 atom stereocenters. The second-order valence-corrected chi connectivity index (χ2v) is 9.56. The Morgan fingerprint density at radius 3 is 1.55 bits per heavy atom. The smallest absolute Gasteiger partial charge is 0.303 e. The molecule has 0 unspecified atom stereocenters. The normalized spacial score (nSPS) is 12.3. The molecule has 0 radical (unpaired) electrons. The third-order valence-corrected chi connectivity index (χ3v) is 4.81. The first-order chi connectivity index (χ1) is 13.2. The predicted molar refractivity (Wildman–Crippen MR) is 112 cm³/mol. The van der Waals surface area contributed by atoms with Crippen LogP contribution in [0.1, 0.15) is 64.7 Å². The lowest BCUT2D eigenvalue weighted by molar-refractivity contribution is -0.136. The van der Waals surface area contributed by atoms with Gasteiger partial charge in [-0.15, -0.1) is 0 Å². The van der Waals surface area contributed by atoms with Crippen molar-refractivity contribution in [2.24, 2.45) is 5.41 Å². The van der Waals surface area contributed by atoms with Crippen molar-refractivity contribution < 1.29 is 35.4 Å². The van der Waals surface area contributed by atoms with Crippen LogP contribution in [0.4, 0.5) is 0 Å². The van der Waals surface area contributed by atoms with Crippen molar-refractivity contribution in [2.75, 3.05) is 26.4 Å². The van der Waals surface area contributed by atoms with E-state index in [9.17, 15) is 9.90 Å². The van der Waals surface area contributed by atoms with E-state index >= 15 is 0 Å². The number of aromatic hydroxyl groups is 1. The highest BCUT2D eigenvalue weighted by atomic mass is 16.4. The van der Waals surface area contributed by atoms with Gasteiger partial charge in [0.1, 0.15) is 5.75 Å². The van der Waals surface area contributed by atoms with E-state index in [-0.39, 0.29) is 23.0 Å². The van der Waals surface area contributed by atoms with Gasteiger partial charge in [0.05, 0.1) is 31.8 Å². The molecule has 1 aromatic carbocycles. The molecule has 0 aliphatic rings. The van der Waals surface area contributed by atoms with E-state index in [2.05, 4.69) is 41.5 Å². The van der Waals surface area contributed by atoms with E-state index in [1.165, 1.54) is 0 Å². The van der Waals surface area contributed by atoms with Crippen LogP contribution in [-0.2, 0) is 22.0 Å². The van der Waals surface area contributed by atoms with Crippen LogP contribution < -0.4 is 0 Å². The number of carboxylic acids is 1. The van der Waals surface area contributed by atoms with Crippen LogP contribution in [0.3, 0.4) is 0 Å². The van der Waals surface area contributed by atoms with Crippen molar-refractivity contribution >= 4 is 5.97 Å². The van der Waals surface area contributed by atoms with Crippen LogP contribution in [0, 0.1) is 5.41 Å². The first-order valence-electron chi connectivity index (χ1n) is 9.69. The number of aliphatic hydroxyl groups excluding tert-OH is 4. The number of aryl methyl sites for hydroxylation is 1. The highest BCUT2D eigenvalue weighted by molar-refractivity contribution is 5.67. The Kier molecular flexibility index (Phi) is 10.3. The minimum Gasteiger partial charge on any atom is -0.507 e. The van der Waals surface area contributed by atoms with Gasteiger partial charge in [0.15, 0.2) is 0 Å². The van der Waals surface area contributed by atoms with Crippen LogP contribution in [-0.4, -0.2) is 63.0 Å². The summed E-state index contributed by atoms with van der Waals surface area (Å²) in [5.74, 6) is -0.602. The summed E-state index contributed by atoms with van der Waals surface area (Å²) >= 11 is 0. The number of carbonyl (C=O) groups is 1. The monoisotopic (exact) mass is 414 g/mol. The maximum atomic E-state index is 10.8. The van der Waals surface area contributed by atoms with Crippen molar-refractivity contribution in [3.05, 3.63) is 28.8 Å². The molecule has 7 nitrogen and oxygen atoms in total. The number of hydrogen-bond donors (Lipinski definition) is 6. The topological polar surface area (TPSA) is 138 Å². The van der Waals surface area contributed by atoms with E-state index in [4.69, 9.17) is 25.5 Å². The Labute approximate surface area is 173 Å². The van der Waals surface area contributed by atoms with Gasteiger partial charge in [0.2, 0.25) is 0 Å². The van der Waals surface area contributed by atoms with Crippen molar-refractivity contribution in [2.45, 2.75) is 65.2 Å². The zero-order valence-electron chi connectivity index (χ0n) is 18.5. The van der Waals surface area contributed by atoms with Crippen molar-refractivity contribution in [3.63, 3.8) is 0 Å². The average Bonchev–Trinajstić information content (AvgIpc) is 2.61. The minimum absolute atomic E-state index is 0.0325. The molecule has 1 rings (SSSR count). The molecular formula is C22H38O7. The maximum absolute atomic E-state index is 10.8. The number of carboxylic acid groups (broad SMARTS) is 1. The molecule has 0 spiro atoms. The molecule has 0 aliphatic heterocycles. The third kappa shape index (κ3) is 8.30. The molecule has 0 saturated carbocycles. The average molecular weight is 415 g/mol.